The Morgan fingerprint density at radius 2 is 1.72 bits per heavy atom. The normalized spacial score (nSPS) is 12.5. The Kier molecular flexibility index (Phi) is 4.42. The molecule has 4 rings (SSSR count). The summed E-state index contributed by atoms with van der Waals surface area (Å²) in [4.78, 5) is 12.9. The highest BCUT2D eigenvalue weighted by Gasteiger charge is 2.32. The molecule has 7 heteroatoms. The number of carboxylic acids is 1. The van der Waals surface area contributed by atoms with E-state index in [0.717, 1.165) is 6.92 Å². The Balaban J connectivity index is 2.27. The summed E-state index contributed by atoms with van der Waals surface area (Å²) in [6.45, 7) is 4.91. The number of benzene rings is 3. The van der Waals surface area contributed by atoms with Crippen LogP contribution in [0.5, 0.6) is 5.75 Å². The number of fused-ring (bicyclic) bond motifs is 2. The van der Waals surface area contributed by atoms with Crippen molar-refractivity contribution in [3.63, 3.8) is 0 Å². The molecular formula is C22H13F3O3S. The molecule has 0 aromatic heterocycles. The molecule has 3 aromatic carbocycles. The van der Waals surface area contributed by atoms with Gasteiger partial charge < -0.3 is 10.2 Å². The molecule has 1 aliphatic rings. The molecule has 0 fully saturated rings. The molecule has 0 aliphatic carbocycles. The summed E-state index contributed by atoms with van der Waals surface area (Å²) >= 11 is 1.28. The number of hydrogen-bond acceptors (Lipinski definition) is 3. The number of phenolic OH excluding ortho intramolecular Hbond substituents is 1. The maximum atomic E-state index is 15.2. The van der Waals surface area contributed by atoms with Crippen LogP contribution in [-0.4, -0.2) is 16.2 Å². The fraction of sp³-hybridized carbons (Fsp3) is 0.0455. The molecule has 146 valence electrons. The molecule has 0 saturated carbocycles. The van der Waals surface area contributed by atoms with Gasteiger partial charge in [-0.15, -0.1) is 0 Å². The Labute approximate surface area is 167 Å². The lowest BCUT2D eigenvalue weighted by Crippen LogP contribution is -2.22. The minimum Gasteiger partial charge on any atom is -0.508 e. The van der Waals surface area contributed by atoms with Crippen molar-refractivity contribution >= 4 is 29.9 Å². The van der Waals surface area contributed by atoms with Crippen molar-refractivity contribution in [2.75, 3.05) is 0 Å². The zero-order valence-corrected chi connectivity index (χ0v) is 15.8. The summed E-state index contributed by atoms with van der Waals surface area (Å²) in [5, 5.41) is 20.5. The summed E-state index contributed by atoms with van der Waals surface area (Å²) in [7, 11) is 0. The van der Waals surface area contributed by atoms with Gasteiger partial charge in [-0.3, -0.25) is 0 Å². The molecule has 29 heavy (non-hydrogen) atoms. The van der Waals surface area contributed by atoms with Crippen LogP contribution in [0.1, 0.15) is 27.0 Å². The average Bonchev–Trinajstić information content (AvgIpc) is 2.66. The first kappa shape index (κ1) is 19.1. The Morgan fingerprint density at radius 1 is 1.00 bits per heavy atom. The van der Waals surface area contributed by atoms with Crippen molar-refractivity contribution in [3.05, 3.63) is 86.5 Å². The van der Waals surface area contributed by atoms with Crippen molar-refractivity contribution in [2.24, 2.45) is 0 Å². The largest absolute Gasteiger partial charge is 0.508 e. The van der Waals surface area contributed by atoms with Crippen molar-refractivity contribution in [1.82, 2.24) is 0 Å². The molecule has 0 saturated heterocycles. The molecular weight excluding hydrogens is 401 g/mol. The van der Waals surface area contributed by atoms with Crippen molar-refractivity contribution < 1.29 is 28.2 Å². The summed E-state index contributed by atoms with van der Waals surface area (Å²) < 4.78 is 44.0. The Hall–Kier alpha value is -3.19. The second kappa shape index (κ2) is 6.70. The summed E-state index contributed by atoms with van der Waals surface area (Å²) in [5.74, 6) is -6.12. The van der Waals surface area contributed by atoms with Gasteiger partial charge in [0.05, 0.1) is 0 Å². The van der Waals surface area contributed by atoms with E-state index in [1.807, 2.05) is 0 Å². The molecule has 0 spiro atoms. The molecule has 0 unspecified atom stereocenters. The molecule has 1 heterocycles. The quantitative estimate of drug-likeness (QED) is 0.488. The number of hydrogen-bond donors (Lipinski definition) is 2. The van der Waals surface area contributed by atoms with Crippen molar-refractivity contribution in [3.8, 4) is 5.75 Å². The first-order valence-electron chi connectivity index (χ1n) is 8.46. The van der Waals surface area contributed by atoms with E-state index in [4.69, 9.17) is 0 Å². The SMILES string of the molecule is C=c1ccc2c(c1)Sc1cc(O)ccc1C=2c1c(F)c(C)c(F)c(F)c1C(=O)O. The smallest absolute Gasteiger partial charge is 0.339 e. The highest BCUT2D eigenvalue weighted by atomic mass is 32.2. The number of aromatic carboxylic acids is 1. The Bertz CT molecular complexity index is 1330. The van der Waals surface area contributed by atoms with Crippen molar-refractivity contribution in [2.45, 2.75) is 16.7 Å². The van der Waals surface area contributed by atoms with E-state index in [9.17, 15) is 23.8 Å². The van der Waals surface area contributed by atoms with Crippen LogP contribution < -0.4 is 10.4 Å². The third kappa shape index (κ3) is 2.89. The lowest BCUT2D eigenvalue weighted by Gasteiger charge is -2.22. The summed E-state index contributed by atoms with van der Waals surface area (Å²) in [6, 6.07) is 9.33. The number of carbonyl (C=O) groups is 1. The number of carboxylic acid groups (broad SMARTS) is 1. The van der Waals surface area contributed by atoms with Crippen LogP contribution >= 0.6 is 11.8 Å². The average molecular weight is 414 g/mol. The van der Waals surface area contributed by atoms with Crippen LogP contribution in [0.15, 0.2) is 46.2 Å². The molecule has 0 atom stereocenters. The van der Waals surface area contributed by atoms with Crippen LogP contribution in [0.25, 0.3) is 12.2 Å². The minimum absolute atomic E-state index is 0.0368. The van der Waals surface area contributed by atoms with E-state index in [1.165, 1.54) is 30.0 Å². The maximum absolute atomic E-state index is 15.2. The molecule has 0 bridgehead atoms. The van der Waals surface area contributed by atoms with Gasteiger partial charge in [0.2, 0.25) is 0 Å². The predicted octanol–water partition coefficient (Wildman–Crippen LogP) is 3.94. The van der Waals surface area contributed by atoms with Gasteiger partial charge >= 0.3 is 5.97 Å². The second-order valence-electron chi connectivity index (χ2n) is 6.61. The first-order chi connectivity index (χ1) is 13.7. The standard InChI is InChI=1S/C22H13F3O3S/c1-9-3-5-12-14(7-9)29-15-8-11(26)4-6-13(15)16(12)17-18(22(27)28)21(25)20(24)10(2)19(17)23/h3-8,26H,1H2,2H3,(H,27,28). The van der Waals surface area contributed by atoms with Gasteiger partial charge in [-0.2, -0.15) is 0 Å². The fourth-order valence-electron chi connectivity index (χ4n) is 3.41. The van der Waals surface area contributed by atoms with Gasteiger partial charge in [0.25, 0.3) is 0 Å². The van der Waals surface area contributed by atoms with E-state index >= 15 is 4.39 Å². The van der Waals surface area contributed by atoms with Crippen molar-refractivity contribution in [1.29, 1.82) is 0 Å². The van der Waals surface area contributed by atoms with Gasteiger partial charge in [0.1, 0.15) is 17.1 Å². The number of aromatic hydroxyl groups is 1. The molecule has 2 N–H and O–H groups in total. The molecule has 1 aliphatic heterocycles. The molecule has 3 nitrogen and oxygen atoms in total. The highest BCUT2D eigenvalue weighted by Crippen LogP contribution is 2.42. The maximum Gasteiger partial charge on any atom is 0.339 e. The first-order valence-corrected chi connectivity index (χ1v) is 9.27. The molecule has 3 aromatic rings. The lowest BCUT2D eigenvalue weighted by molar-refractivity contribution is 0.0689. The van der Waals surface area contributed by atoms with Crippen LogP contribution in [0.2, 0.25) is 0 Å². The monoisotopic (exact) mass is 414 g/mol. The van der Waals surface area contributed by atoms with E-state index in [2.05, 4.69) is 6.58 Å². The molecule has 0 radical (unpaired) electrons. The summed E-state index contributed by atoms with van der Waals surface area (Å²) in [6.07, 6.45) is 0. The third-order valence-corrected chi connectivity index (χ3v) is 5.89. The van der Waals surface area contributed by atoms with Gasteiger partial charge in [-0.25, -0.2) is 18.0 Å². The zero-order valence-electron chi connectivity index (χ0n) is 15.0. The van der Waals surface area contributed by atoms with E-state index < -0.39 is 40.1 Å². The number of rotatable bonds is 2. The number of phenols is 1. The van der Waals surface area contributed by atoms with Crippen LogP contribution in [0.3, 0.4) is 0 Å². The van der Waals surface area contributed by atoms with E-state index in [1.54, 1.807) is 18.2 Å². The van der Waals surface area contributed by atoms with Gasteiger partial charge in [0, 0.05) is 26.5 Å². The third-order valence-electron chi connectivity index (χ3n) is 4.77. The molecule has 0 amide bonds. The topological polar surface area (TPSA) is 57.5 Å². The van der Waals surface area contributed by atoms with Gasteiger partial charge in [-0.1, -0.05) is 30.5 Å². The lowest BCUT2D eigenvalue weighted by atomic mass is 9.89. The fourth-order valence-corrected chi connectivity index (χ4v) is 4.59. The van der Waals surface area contributed by atoms with E-state index in [0.29, 0.717) is 25.8 Å². The van der Waals surface area contributed by atoms with Crippen LogP contribution in [0, 0.1) is 24.4 Å². The highest BCUT2D eigenvalue weighted by molar-refractivity contribution is 7.99. The minimum atomic E-state index is -1.78. The van der Waals surface area contributed by atoms with Gasteiger partial charge in [-0.05, 0) is 47.2 Å². The van der Waals surface area contributed by atoms with Gasteiger partial charge in [0.15, 0.2) is 11.6 Å². The number of halogens is 3. The predicted molar refractivity (Wildman–Crippen MR) is 103 cm³/mol. The zero-order chi connectivity index (χ0) is 21.0. The van der Waals surface area contributed by atoms with E-state index in [-0.39, 0.29) is 11.3 Å². The van der Waals surface area contributed by atoms with Crippen LogP contribution in [-0.2, 0) is 0 Å². The second-order valence-corrected chi connectivity index (χ2v) is 7.69. The Morgan fingerprint density at radius 3 is 2.41 bits per heavy atom. The summed E-state index contributed by atoms with van der Waals surface area (Å²) in [5.41, 5.74) is -1.69. The van der Waals surface area contributed by atoms with Crippen LogP contribution in [0.4, 0.5) is 13.2 Å².